The highest BCUT2D eigenvalue weighted by Gasteiger charge is 2.40. The van der Waals surface area contributed by atoms with Gasteiger partial charge in [0.05, 0.1) is 42.4 Å². The maximum atomic E-state index is 13.9. The summed E-state index contributed by atoms with van der Waals surface area (Å²) in [6, 6.07) is 15.3. The third-order valence-corrected chi connectivity index (χ3v) is 11.5. The van der Waals surface area contributed by atoms with Crippen molar-refractivity contribution < 1.29 is 45.4 Å². The monoisotopic (exact) mass is 828 g/mol. The summed E-state index contributed by atoms with van der Waals surface area (Å²) in [4.78, 5) is 48.0. The first-order valence-electron chi connectivity index (χ1n) is 19.0. The van der Waals surface area contributed by atoms with Gasteiger partial charge >= 0.3 is 12.1 Å². The Labute approximate surface area is 335 Å². The van der Waals surface area contributed by atoms with E-state index in [9.17, 15) is 36.0 Å². The van der Waals surface area contributed by atoms with Crippen molar-refractivity contribution >= 4 is 39.4 Å². The van der Waals surface area contributed by atoms with E-state index in [1.807, 2.05) is 17.0 Å². The molecule has 3 N–H and O–H groups in total. The SMILES string of the molecule is COC(=O)c1ccc(S(=O)(=O)NCCOCCNC(=O)CCCC2CCN(c3cc(N4CCC4C(=O)NCCc4ccc(C#N)cc4)nc(C(F)(F)F)n3)CC2)cc1. The molecule has 2 aliphatic rings. The van der Waals surface area contributed by atoms with Crippen molar-refractivity contribution in [3.8, 4) is 6.07 Å². The molecule has 19 heteroatoms. The number of rotatable bonds is 19. The molecule has 1 atom stereocenters. The predicted molar refractivity (Wildman–Crippen MR) is 206 cm³/mol. The number of methoxy groups -OCH3 is 1. The number of benzene rings is 2. The lowest BCUT2D eigenvalue weighted by Gasteiger charge is -2.41. The fraction of sp³-hybridized carbons (Fsp3) is 0.487. The molecule has 2 fully saturated rings. The van der Waals surface area contributed by atoms with E-state index in [1.54, 1.807) is 17.0 Å². The number of ether oxygens (including phenoxy) is 2. The molecular weight excluding hydrogens is 782 g/mol. The molecule has 312 valence electrons. The van der Waals surface area contributed by atoms with Crippen LogP contribution < -0.4 is 25.2 Å². The Balaban J connectivity index is 0.986. The number of alkyl halides is 3. The third-order valence-electron chi connectivity index (χ3n) is 10.0. The largest absolute Gasteiger partial charge is 0.465 e. The van der Waals surface area contributed by atoms with E-state index >= 15 is 0 Å². The molecule has 58 heavy (non-hydrogen) atoms. The number of nitriles is 1. The molecule has 3 aromatic rings. The number of esters is 1. The van der Waals surface area contributed by atoms with Crippen LogP contribution in [0.4, 0.5) is 24.8 Å². The lowest BCUT2D eigenvalue weighted by molar-refractivity contribution is -0.144. The minimum Gasteiger partial charge on any atom is -0.465 e. The molecule has 3 heterocycles. The van der Waals surface area contributed by atoms with Crippen LogP contribution in [0.3, 0.4) is 0 Å². The van der Waals surface area contributed by atoms with Gasteiger partial charge in [0, 0.05) is 51.8 Å². The highest BCUT2D eigenvalue weighted by atomic mass is 32.2. The number of carbonyl (C=O) groups excluding carboxylic acids is 3. The van der Waals surface area contributed by atoms with Crippen molar-refractivity contribution in [1.29, 1.82) is 5.26 Å². The first-order chi connectivity index (χ1) is 27.8. The highest BCUT2D eigenvalue weighted by Crippen LogP contribution is 2.34. The van der Waals surface area contributed by atoms with Crippen molar-refractivity contribution in [3.05, 3.63) is 77.1 Å². The van der Waals surface area contributed by atoms with Crippen LogP contribution in [-0.2, 0) is 41.7 Å². The molecule has 2 aromatic carbocycles. The van der Waals surface area contributed by atoms with Gasteiger partial charge in [-0.2, -0.15) is 18.4 Å². The van der Waals surface area contributed by atoms with Crippen LogP contribution in [-0.4, -0.2) is 102 Å². The molecule has 2 aliphatic heterocycles. The van der Waals surface area contributed by atoms with Gasteiger partial charge in [0.1, 0.15) is 17.7 Å². The zero-order valence-corrected chi connectivity index (χ0v) is 32.9. The summed E-state index contributed by atoms with van der Waals surface area (Å²) in [5.74, 6) is -1.76. The quantitative estimate of drug-likeness (QED) is 0.118. The van der Waals surface area contributed by atoms with Crippen molar-refractivity contribution in [3.63, 3.8) is 0 Å². The number of anilines is 2. The van der Waals surface area contributed by atoms with E-state index in [4.69, 9.17) is 10.00 Å². The Hall–Kier alpha value is -5.32. The van der Waals surface area contributed by atoms with E-state index in [1.165, 1.54) is 37.4 Å². The van der Waals surface area contributed by atoms with Crippen molar-refractivity contribution in [2.24, 2.45) is 5.92 Å². The molecule has 2 saturated heterocycles. The van der Waals surface area contributed by atoms with E-state index < -0.39 is 34.0 Å². The molecule has 1 aromatic heterocycles. The van der Waals surface area contributed by atoms with Gasteiger partial charge in [0.25, 0.3) is 0 Å². The maximum Gasteiger partial charge on any atom is 0.451 e. The van der Waals surface area contributed by atoms with E-state index in [0.717, 1.165) is 12.0 Å². The number of amides is 2. The van der Waals surface area contributed by atoms with Gasteiger partial charge in [-0.25, -0.2) is 27.9 Å². The number of sulfonamides is 1. The number of hydrogen-bond donors (Lipinski definition) is 3. The lowest BCUT2D eigenvalue weighted by Crippen LogP contribution is -2.57. The Bertz CT molecular complexity index is 2020. The lowest BCUT2D eigenvalue weighted by atomic mass is 9.91. The Kier molecular flexibility index (Phi) is 15.4. The van der Waals surface area contributed by atoms with Crippen LogP contribution in [0.15, 0.2) is 59.5 Å². The summed E-state index contributed by atoms with van der Waals surface area (Å²) in [5, 5.41) is 14.6. The first kappa shape index (κ1) is 43.8. The molecule has 0 saturated carbocycles. The predicted octanol–water partition coefficient (Wildman–Crippen LogP) is 3.59. The topological polar surface area (TPSA) is 196 Å². The number of aromatic nitrogens is 2. The summed E-state index contributed by atoms with van der Waals surface area (Å²) in [7, 11) is -2.57. The zero-order valence-electron chi connectivity index (χ0n) is 32.1. The Morgan fingerprint density at radius 1 is 0.914 bits per heavy atom. The minimum atomic E-state index is -4.77. The standard InChI is InChI=1S/C39H47F3N8O7S/c1-56-37(53)30-9-11-31(12-10-30)58(54,55)46-19-24-57-23-18-44-35(51)4-2-3-27-14-20-49(21-15-27)33-25-34(48-38(47-33)39(40,41)42)50-22-16-32(50)36(52)45-17-13-28-5-7-29(26-43)8-6-28/h5-12,25,27,32,46H,2-4,13-24H2,1H3,(H,44,51)(H,45,52). The van der Waals surface area contributed by atoms with Crippen LogP contribution in [0.5, 0.6) is 0 Å². The smallest absolute Gasteiger partial charge is 0.451 e. The van der Waals surface area contributed by atoms with Gasteiger partial charge in [-0.15, -0.1) is 0 Å². The van der Waals surface area contributed by atoms with Crippen LogP contribution in [0, 0.1) is 17.2 Å². The number of halogens is 3. The average Bonchev–Trinajstić information content (AvgIpc) is 3.20. The number of nitrogens with one attached hydrogen (secondary N) is 3. The second-order valence-corrected chi connectivity index (χ2v) is 15.7. The number of piperidine rings is 1. The summed E-state index contributed by atoms with van der Waals surface area (Å²) in [6.07, 6.45) is -0.602. The fourth-order valence-corrected chi connectivity index (χ4v) is 7.67. The molecule has 15 nitrogen and oxygen atoms in total. The molecule has 2 amide bonds. The van der Waals surface area contributed by atoms with Crippen molar-refractivity contribution in [1.82, 2.24) is 25.3 Å². The minimum absolute atomic E-state index is 0.00787. The summed E-state index contributed by atoms with van der Waals surface area (Å²) < 4.78 is 79.2. The molecule has 0 aliphatic carbocycles. The van der Waals surface area contributed by atoms with Gasteiger partial charge in [-0.1, -0.05) is 12.1 Å². The van der Waals surface area contributed by atoms with E-state index in [0.29, 0.717) is 70.3 Å². The summed E-state index contributed by atoms with van der Waals surface area (Å²) in [6.45, 7) is 2.22. The van der Waals surface area contributed by atoms with Crippen LogP contribution in [0.1, 0.15) is 65.8 Å². The van der Waals surface area contributed by atoms with Gasteiger partial charge < -0.3 is 29.9 Å². The molecular formula is C39H47F3N8O7S. The Morgan fingerprint density at radius 3 is 2.24 bits per heavy atom. The summed E-state index contributed by atoms with van der Waals surface area (Å²) in [5.41, 5.74) is 1.71. The normalized spacial score (nSPS) is 15.9. The zero-order chi connectivity index (χ0) is 41.7. The van der Waals surface area contributed by atoms with Crippen molar-refractivity contribution in [2.75, 3.05) is 69.4 Å². The fourth-order valence-electron chi connectivity index (χ4n) is 6.66. The van der Waals surface area contributed by atoms with Gasteiger partial charge in [0.15, 0.2) is 0 Å². The third kappa shape index (κ3) is 12.3. The summed E-state index contributed by atoms with van der Waals surface area (Å²) >= 11 is 0. The van der Waals surface area contributed by atoms with Crippen LogP contribution >= 0.6 is 0 Å². The van der Waals surface area contributed by atoms with Gasteiger partial charge in [-0.3, -0.25) is 9.59 Å². The molecule has 0 radical (unpaired) electrons. The number of hydrogen-bond acceptors (Lipinski definition) is 12. The van der Waals surface area contributed by atoms with Crippen LogP contribution in [0.2, 0.25) is 0 Å². The number of nitrogens with zero attached hydrogens (tertiary/aromatic N) is 5. The highest BCUT2D eigenvalue weighted by molar-refractivity contribution is 7.89. The second kappa shape index (κ2) is 20.4. The first-order valence-corrected chi connectivity index (χ1v) is 20.5. The maximum absolute atomic E-state index is 13.9. The molecule has 0 spiro atoms. The van der Waals surface area contributed by atoms with E-state index in [-0.39, 0.29) is 66.1 Å². The molecule has 0 bridgehead atoms. The van der Waals surface area contributed by atoms with Crippen LogP contribution in [0.25, 0.3) is 0 Å². The number of carbonyl (C=O) groups is 3. The van der Waals surface area contributed by atoms with Crippen molar-refractivity contribution in [2.45, 2.75) is 62.1 Å². The van der Waals surface area contributed by atoms with E-state index in [2.05, 4.69) is 36.1 Å². The molecule has 5 rings (SSSR count). The van der Waals surface area contributed by atoms with Gasteiger partial charge in [0.2, 0.25) is 27.7 Å². The average molecular weight is 829 g/mol. The molecule has 1 unspecified atom stereocenters. The second-order valence-electron chi connectivity index (χ2n) is 14.0. The Morgan fingerprint density at radius 2 is 1.60 bits per heavy atom. The van der Waals surface area contributed by atoms with Gasteiger partial charge in [-0.05, 0) is 86.4 Å².